The van der Waals surface area contributed by atoms with Crippen LogP contribution in [0.3, 0.4) is 0 Å². The highest BCUT2D eigenvalue weighted by molar-refractivity contribution is 7.89. The summed E-state index contributed by atoms with van der Waals surface area (Å²) in [4.78, 5) is 4.25. The average molecular weight is 375 g/mol. The third-order valence-corrected chi connectivity index (χ3v) is 7.49. The van der Waals surface area contributed by atoms with E-state index in [1.165, 1.54) is 0 Å². The number of ether oxygens (including phenoxy) is 1. The largest absolute Gasteiger partial charge is 0.489 e. The number of rotatable bonds is 5. The fourth-order valence-electron chi connectivity index (χ4n) is 3.20. The van der Waals surface area contributed by atoms with Gasteiger partial charge in [0, 0.05) is 30.0 Å². The molecule has 2 aromatic rings. The molecule has 0 bridgehead atoms. The van der Waals surface area contributed by atoms with Crippen molar-refractivity contribution in [2.24, 2.45) is 0 Å². The summed E-state index contributed by atoms with van der Waals surface area (Å²) < 4.78 is 32.6. The van der Waals surface area contributed by atoms with Crippen LogP contribution in [-0.2, 0) is 23.2 Å². The molecule has 1 fully saturated rings. The number of aromatic nitrogens is 1. The summed E-state index contributed by atoms with van der Waals surface area (Å²) in [6.45, 7) is 6.62. The Hall–Kier alpha value is -1.92. The summed E-state index contributed by atoms with van der Waals surface area (Å²) in [5.41, 5.74) is 2.99. The first-order valence-electron chi connectivity index (χ1n) is 9.01. The number of nitrogens with zero attached hydrogens (tertiary/aromatic N) is 2. The van der Waals surface area contributed by atoms with Crippen LogP contribution in [0.5, 0.6) is 5.75 Å². The van der Waals surface area contributed by atoms with Gasteiger partial charge in [-0.05, 0) is 57.4 Å². The molecule has 0 radical (unpaired) electrons. The third kappa shape index (κ3) is 4.07. The van der Waals surface area contributed by atoms with Gasteiger partial charge in [0.2, 0.25) is 10.0 Å². The van der Waals surface area contributed by atoms with Gasteiger partial charge >= 0.3 is 0 Å². The topological polar surface area (TPSA) is 59.5 Å². The van der Waals surface area contributed by atoms with Crippen molar-refractivity contribution in [1.29, 1.82) is 0 Å². The SMILES string of the molecule is Cc1ncccc1COc1ccc(CN2[C@@H](C)CCC(C)S2(=O)=O)cc1. The molecule has 26 heavy (non-hydrogen) atoms. The Labute approximate surface area is 156 Å². The zero-order valence-corrected chi connectivity index (χ0v) is 16.4. The van der Waals surface area contributed by atoms with E-state index in [1.54, 1.807) is 17.4 Å². The smallest absolute Gasteiger partial charge is 0.217 e. The van der Waals surface area contributed by atoms with E-state index in [1.807, 2.05) is 50.2 Å². The average Bonchev–Trinajstić information content (AvgIpc) is 2.63. The molecule has 1 saturated heterocycles. The first-order chi connectivity index (χ1) is 12.4. The Kier molecular flexibility index (Phi) is 5.63. The highest BCUT2D eigenvalue weighted by Crippen LogP contribution is 2.28. The van der Waals surface area contributed by atoms with Crippen LogP contribution in [0.4, 0.5) is 0 Å². The lowest BCUT2D eigenvalue weighted by Gasteiger charge is -2.36. The number of hydrogen-bond acceptors (Lipinski definition) is 4. The molecule has 2 heterocycles. The standard InChI is InChI=1S/C20H26N2O3S/c1-15-6-7-16(2)26(23,24)22(15)13-18-8-10-20(11-9-18)25-14-19-5-4-12-21-17(19)3/h4-5,8-12,15-16H,6-7,13-14H2,1-3H3/t15-,16?/m0/s1. The lowest BCUT2D eigenvalue weighted by atomic mass is 10.1. The molecule has 140 valence electrons. The van der Waals surface area contributed by atoms with Crippen LogP contribution in [0.1, 0.15) is 43.5 Å². The predicted octanol–water partition coefficient (Wildman–Crippen LogP) is 3.67. The van der Waals surface area contributed by atoms with Gasteiger partial charge in [-0.1, -0.05) is 18.2 Å². The van der Waals surface area contributed by atoms with Crippen molar-refractivity contribution in [3.63, 3.8) is 0 Å². The highest BCUT2D eigenvalue weighted by Gasteiger charge is 2.36. The summed E-state index contributed by atoms with van der Waals surface area (Å²) in [6.07, 6.45) is 3.41. The van der Waals surface area contributed by atoms with E-state index in [-0.39, 0.29) is 11.3 Å². The molecule has 1 aliphatic heterocycles. The van der Waals surface area contributed by atoms with Crippen LogP contribution in [0.2, 0.25) is 0 Å². The number of aryl methyl sites for hydroxylation is 1. The van der Waals surface area contributed by atoms with Crippen LogP contribution >= 0.6 is 0 Å². The van der Waals surface area contributed by atoms with Crippen molar-refractivity contribution >= 4 is 10.0 Å². The first kappa shape index (κ1) is 18.9. The molecular weight excluding hydrogens is 348 g/mol. The molecule has 1 unspecified atom stereocenters. The van der Waals surface area contributed by atoms with Gasteiger partial charge in [-0.15, -0.1) is 0 Å². The second-order valence-electron chi connectivity index (χ2n) is 7.01. The monoisotopic (exact) mass is 374 g/mol. The van der Waals surface area contributed by atoms with Gasteiger partial charge in [-0.25, -0.2) is 8.42 Å². The van der Waals surface area contributed by atoms with Crippen LogP contribution < -0.4 is 4.74 Å². The van der Waals surface area contributed by atoms with Gasteiger partial charge < -0.3 is 4.74 Å². The lowest BCUT2D eigenvalue weighted by molar-refractivity contribution is 0.283. The minimum Gasteiger partial charge on any atom is -0.489 e. The van der Waals surface area contributed by atoms with Gasteiger partial charge in [0.25, 0.3) is 0 Å². The second kappa shape index (κ2) is 7.76. The fraction of sp³-hybridized carbons (Fsp3) is 0.450. The molecule has 2 atom stereocenters. The molecule has 1 aromatic heterocycles. The Bertz CT molecular complexity index is 850. The summed E-state index contributed by atoms with van der Waals surface area (Å²) in [6, 6.07) is 11.6. The minimum atomic E-state index is -3.22. The molecule has 3 rings (SSSR count). The molecule has 0 N–H and O–H groups in total. The number of sulfonamides is 1. The van der Waals surface area contributed by atoms with Crippen molar-refractivity contribution in [3.8, 4) is 5.75 Å². The first-order valence-corrected chi connectivity index (χ1v) is 10.5. The van der Waals surface area contributed by atoms with E-state index < -0.39 is 10.0 Å². The van der Waals surface area contributed by atoms with E-state index in [4.69, 9.17) is 4.74 Å². The Morgan fingerprint density at radius 2 is 1.88 bits per heavy atom. The summed E-state index contributed by atoms with van der Waals surface area (Å²) in [5, 5.41) is -0.302. The molecule has 1 aliphatic rings. The van der Waals surface area contributed by atoms with E-state index in [0.29, 0.717) is 13.2 Å². The third-order valence-electron chi connectivity index (χ3n) is 5.09. The van der Waals surface area contributed by atoms with Gasteiger partial charge in [0.1, 0.15) is 12.4 Å². The van der Waals surface area contributed by atoms with Gasteiger partial charge in [0.15, 0.2) is 0 Å². The van der Waals surface area contributed by atoms with Crippen LogP contribution in [-0.4, -0.2) is 29.0 Å². The number of benzene rings is 1. The maximum absolute atomic E-state index is 12.6. The Morgan fingerprint density at radius 1 is 1.15 bits per heavy atom. The molecule has 1 aromatic carbocycles. The van der Waals surface area contributed by atoms with E-state index >= 15 is 0 Å². The lowest BCUT2D eigenvalue weighted by Crippen LogP contribution is -2.46. The predicted molar refractivity (Wildman–Crippen MR) is 102 cm³/mol. The van der Waals surface area contributed by atoms with Crippen molar-refractivity contribution in [2.45, 2.75) is 58.1 Å². The van der Waals surface area contributed by atoms with E-state index in [9.17, 15) is 8.42 Å². The molecule has 0 amide bonds. The molecule has 6 heteroatoms. The quantitative estimate of drug-likeness (QED) is 0.801. The number of hydrogen-bond donors (Lipinski definition) is 0. The van der Waals surface area contributed by atoms with E-state index in [2.05, 4.69) is 4.98 Å². The number of pyridine rings is 1. The molecule has 5 nitrogen and oxygen atoms in total. The second-order valence-corrected chi connectivity index (χ2v) is 9.31. The van der Waals surface area contributed by atoms with Crippen LogP contribution in [0.25, 0.3) is 0 Å². The van der Waals surface area contributed by atoms with Crippen molar-refractivity contribution in [3.05, 3.63) is 59.4 Å². The van der Waals surface area contributed by atoms with Crippen molar-refractivity contribution in [1.82, 2.24) is 9.29 Å². The zero-order valence-electron chi connectivity index (χ0n) is 15.6. The minimum absolute atomic E-state index is 0.0423. The molecule has 0 saturated carbocycles. The summed E-state index contributed by atoms with van der Waals surface area (Å²) in [7, 11) is -3.22. The normalized spacial score (nSPS) is 22.9. The van der Waals surface area contributed by atoms with Crippen molar-refractivity contribution < 1.29 is 13.2 Å². The van der Waals surface area contributed by atoms with Gasteiger partial charge in [0.05, 0.1) is 5.25 Å². The molecule has 0 spiro atoms. The Morgan fingerprint density at radius 3 is 2.58 bits per heavy atom. The maximum Gasteiger partial charge on any atom is 0.217 e. The van der Waals surface area contributed by atoms with Gasteiger partial charge in [-0.2, -0.15) is 4.31 Å². The van der Waals surface area contributed by atoms with Crippen LogP contribution in [0, 0.1) is 6.92 Å². The highest BCUT2D eigenvalue weighted by atomic mass is 32.2. The zero-order chi connectivity index (χ0) is 18.7. The molecular formula is C20H26N2O3S. The Balaban J connectivity index is 1.65. The summed E-state index contributed by atoms with van der Waals surface area (Å²) in [5.74, 6) is 0.764. The fourth-order valence-corrected chi connectivity index (χ4v) is 5.03. The van der Waals surface area contributed by atoms with E-state index in [0.717, 1.165) is 35.4 Å². The van der Waals surface area contributed by atoms with Crippen LogP contribution in [0.15, 0.2) is 42.6 Å². The van der Waals surface area contributed by atoms with Gasteiger partial charge in [-0.3, -0.25) is 4.98 Å². The summed E-state index contributed by atoms with van der Waals surface area (Å²) >= 11 is 0. The maximum atomic E-state index is 12.6. The molecule has 0 aliphatic carbocycles. The van der Waals surface area contributed by atoms with Crippen molar-refractivity contribution in [2.75, 3.05) is 0 Å².